The molecule has 0 fully saturated rings. The van der Waals surface area contributed by atoms with E-state index >= 15 is 0 Å². The van der Waals surface area contributed by atoms with E-state index in [1.54, 1.807) is 0 Å². The van der Waals surface area contributed by atoms with Crippen molar-refractivity contribution in [1.29, 1.82) is 0 Å². The van der Waals surface area contributed by atoms with Crippen LogP contribution in [0.1, 0.15) is 47.9 Å². The average molecular weight is 386 g/mol. The normalized spacial score (nSPS) is 19.6. The summed E-state index contributed by atoms with van der Waals surface area (Å²) < 4.78 is 24.2. The molecule has 0 saturated carbocycles. The number of fused-ring (bicyclic) bond motifs is 1. The van der Waals surface area contributed by atoms with Crippen LogP contribution in [-0.2, 0) is 29.1 Å². The van der Waals surface area contributed by atoms with Crippen molar-refractivity contribution in [3.63, 3.8) is 0 Å². The quantitative estimate of drug-likeness (QED) is 0.749. The van der Waals surface area contributed by atoms with Gasteiger partial charge in [0.15, 0.2) is 9.84 Å². The first kappa shape index (κ1) is 20.1. The molecule has 146 valence electrons. The molecule has 0 amide bonds. The molecular formula is C23H31NO2S. The average Bonchev–Trinajstić information content (AvgIpc) is 2.67. The second-order valence-corrected chi connectivity index (χ2v) is 9.97. The standard InChI is InChI=1S/C23H31NO2S/c1-3-14-27(25,26)15-13-19-9-10-20-11-12-23(24-2)22(21(20)16-19)17-18-7-5-4-6-8-18/h4-10,16,22-24H,3,11-15,17H2,1-2H3. The Bertz CT molecular complexity index is 846. The molecule has 3 nitrogen and oxygen atoms in total. The van der Waals surface area contributed by atoms with E-state index in [1.165, 1.54) is 16.7 Å². The smallest absolute Gasteiger partial charge is 0.150 e. The molecule has 0 saturated heterocycles. The summed E-state index contributed by atoms with van der Waals surface area (Å²) in [6, 6.07) is 17.7. The Balaban J connectivity index is 1.84. The van der Waals surface area contributed by atoms with E-state index in [1.807, 2.05) is 6.92 Å². The Kier molecular flexibility index (Phi) is 6.72. The molecule has 0 radical (unpaired) electrons. The van der Waals surface area contributed by atoms with Gasteiger partial charge in [0.1, 0.15) is 0 Å². The highest BCUT2D eigenvalue weighted by molar-refractivity contribution is 7.91. The Labute approximate surface area is 164 Å². The fourth-order valence-electron chi connectivity index (χ4n) is 4.25. The maximum Gasteiger partial charge on any atom is 0.150 e. The highest BCUT2D eigenvalue weighted by Gasteiger charge is 2.29. The molecule has 2 aromatic carbocycles. The fourth-order valence-corrected chi connectivity index (χ4v) is 5.63. The second-order valence-electron chi connectivity index (χ2n) is 7.67. The first-order chi connectivity index (χ1) is 13.0. The van der Waals surface area contributed by atoms with E-state index in [4.69, 9.17) is 0 Å². The van der Waals surface area contributed by atoms with E-state index in [2.05, 4.69) is 60.9 Å². The Morgan fingerprint density at radius 1 is 1.04 bits per heavy atom. The third-order valence-corrected chi connectivity index (χ3v) is 7.56. The van der Waals surface area contributed by atoms with Gasteiger partial charge in [-0.2, -0.15) is 0 Å². The van der Waals surface area contributed by atoms with Gasteiger partial charge >= 0.3 is 0 Å². The lowest BCUT2D eigenvalue weighted by Gasteiger charge is -2.34. The lowest BCUT2D eigenvalue weighted by atomic mass is 9.75. The lowest BCUT2D eigenvalue weighted by molar-refractivity contribution is 0.409. The predicted octanol–water partition coefficient (Wildman–Crippen LogP) is 3.91. The topological polar surface area (TPSA) is 46.2 Å². The van der Waals surface area contributed by atoms with Crippen LogP contribution < -0.4 is 5.32 Å². The van der Waals surface area contributed by atoms with E-state index in [9.17, 15) is 8.42 Å². The molecule has 3 rings (SSSR count). The van der Waals surface area contributed by atoms with Crippen molar-refractivity contribution in [2.45, 2.75) is 51.0 Å². The van der Waals surface area contributed by atoms with Crippen molar-refractivity contribution >= 4 is 9.84 Å². The van der Waals surface area contributed by atoms with Gasteiger partial charge in [-0.15, -0.1) is 0 Å². The first-order valence-corrected chi connectivity index (χ1v) is 11.9. The summed E-state index contributed by atoms with van der Waals surface area (Å²) in [5.41, 5.74) is 5.31. The van der Waals surface area contributed by atoms with Crippen molar-refractivity contribution in [1.82, 2.24) is 5.32 Å². The highest BCUT2D eigenvalue weighted by Crippen LogP contribution is 2.35. The van der Waals surface area contributed by atoms with Gasteiger partial charge < -0.3 is 5.32 Å². The third-order valence-electron chi connectivity index (χ3n) is 5.71. The molecule has 0 bridgehead atoms. The zero-order valence-electron chi connectivity index (χ0n) is 16.4. The number of aryl methyl sites for hydroxylation is 2. The second kappa shape index (κ2) is 9.03. The molecule has 0 spiro atoms. The van der Waals surface area contributed by atoms with E-state index in [0.29, 0.717) is 24.8 Å². The summed E-state index contributed by atoms with van der Waals surface area (Å²) in [5, 5.41) is 3.51. The Morgan fingerprint density at radius 2 is 1.81 bits per heavy atom. The molecule has 1 aliphatic carbocycles. The number of nitrogens with one attached hydrogen (secondary N) is 1. The van der Waals surface area contributed by atoms with Gasteiger partial charge in [0.25, 0.3) is 0 Å². The van der Waals surface area contributed by atoms with Gasteiger partial charge in [-0.1, -0.05) is 55.5 Å². The van der Waals surface area contributed by atoms with E-state index < -0.39 is 9.84 Å². The fraction of sp³-hybridized carbons (Fsp3) is 0.478. The predicted molar refractivity (Wildman–Crippen MR) is 113 cm³/mol. The Morgan fingerprint density at radius 3 is 2.52 bits per heavy atom. The largest absolute Gasteiger partial charge is 0.316 e. The highest BCUT2D eigenvalue weighted by atomic mass is 32.2. The van der Waals surface area contributed by atoms with Crippen LogP contribution in [0.5, 0.6) is 0 Å². The summed E-state index contributed by atoms with van der Waals surface area (Å²) >= 11 is 0. The summed E-state index contributed by atoms with van der Waals surface area (Å²) in [4.78, 5) is 0. The Hall–Kier alpha value is -1.65. The summed E-state index contributed by atoms with van der Waals surface area (Å²) in [6.07, 6.45) is 4.54. The van der Waals surface area contributed by atoms with E-state index in [0.717, 1.165) is 24.8 Å². The first-order valence-electron chi connectivity index (χ1n) is 10.1. The molecule has 2 unspecified atom stereocenters. The summed E-state index contributed by atoms with van der Waals surface area (Å²) in [6.45, 7) is 1.92. The summed E-state index contributed by atoms with van der Waals surface area (Å²) in [7, 11) is -0.891. The lowest BCUT2D eigenvalue weighted by Crippen LogP contribution is -2.37. The van der Waals surface area contributed by atoms with E-state index in [-0.39, 0.29) is 11.5 Å². The van der Waals surface area contributed by atoms with Crippen LogP contribution in [0.15, 0.2) is 48.5 Å². The monoisotopic (exact) mass is 385 g/mol. The van der Waals surface area contributed by atoms with Gasteiger partial charge in [-0.25, -0.2) is 8.42 Å². The van der Waals surface area contributed by atoms with Crippen LogP contribution >= 0.6 is 0 Å². The third kappa shape index (κ3) is 5.20. The van der Waals surface area contributed by atoms with Gasteiger partial charge in [0.05, 0.1) is 5.75 Å². The minimum atomic E-state index is -2.94. The molecule has 27 heavy (non-hydrogen) atoms. The molecule has 0 heterocycles. The molecule has 4 heteroatoms. The maximum absolute atomic E-state index is 12.1. The molecule has 0 aromatic heterocycles. The molecule has 0 aliphatic heterocycles. The zero-order valence-corrected chi connectivity index (χ0v) is 17.3. The number of benzene rings is 2. The van der Waals surface area contributed by atoms with Gasteiger partial charge in [-0.3, -0.25) is 0 Å². The van der Waals surface area contributed by atoms with Crippen LogP contribution in [0, 0.1) is 0 Å². The number of hydrogen-bond donors (Lipinski definition) is 1. The molecule has 2 aromatic rings. The van der Waals surface area contributed by atoms with Crippen molar-refractivity contribution in [2.75, 3.05) is 18.6 Å². The van der Waals surface area contributed by atoms with Crippen LogP contribution in [0.2, 0.25) is 0 Å². The molecule has 2 atom stereocenters. The summed E-state index contributed by atoms with van der Waals surface area (Å²) in [5.74, 6) is 0.961. The minimum Gasteiger partial charge on any atom is -0.316 e. The number of hydrogen-bond acceptors (Lipinski definition) is 3. The minimum absolute atomic E-state index is 0.248. The zero-order chi connectivity index (χ0) is 19.3. The molecular weight excluding hydrogens is 354 g/mol. The van der Waals surface area contributed by atoms with Crippen molar-refractivity contribution in [2.24, 2.45) is 0 Å². The van der Waals surface area contributed by atoms with Gasteiger partial charge in [-0.05, 0) is 61.4 Å². The molecule has 1 N–H and O–H groups in total. The van der Waals surface area contributed by atoms with Gasteiger partial charge in [0.2, 0.25) is 0 Å². The van der Waals surface area contributed by atoms with Crippen LogP contribution in [0.4, 0.5) is 0 Å². The SMILES string of the molecule is CCCS(=O)(=O)CCc1ccc2c(c1)C(Cc1ccccc1)C(NC)CC2. The number of rotatable bonds is 8. The van der Waals surface area contributed by atoms with Crippen molar-refractivity contribution in [3.05, 3.63) is 70.8 Å². The van der Waals surface area contributed by atoms with Crippen LogP contribution in [0.3, 0.4) is 0 Å². The number of likely N-dealkylation sites (N-methyl/N-ethyl adjacent to an activating group) is 1. The number of sulfone groups is 1. The maximum atomic E-state index is 12.1. The van der Waals surface area contributed by atoms with Crippen LogP contribution in [-0.4, -0.2) is 33.0 Å². The van der Waals surface area contributed by atoms with Crippen molar-refractivity contribution in [3.8, 4) is 0 Å². The molecule has 1 aliphatic rings. The van der Waals surface area contributed by atoms with Crippen molar-refractivity contribution < 1.29 is 8.42 Å². The van der Waals surface area contributed by atoms with Gasteiger partial charge in [0, 0.05) is 17.7 Å². The van der Waals surface area contributed by atoms with Crippen LogP contribution in [0.25, 0.3) is 0 Å².